The van der Waals surface area contributed by atoms with Crippen molar-refractivity contribution in [1.82, 2.24) is 9.80 Å². The first-order valence-corrected chi connectivity index (χ1v) is 9.33. The lowest BCUT2D eigenvalue weighted by Gasteiger charge is -2.21. The highest BCUT2D eigenvalue weighted by molar-refractivity contribution is 8.57. The minimum atomic E-state index is -2.32. The van der Waals surface area contributed by atoms with Crippen LogP contribution in [-0.4, -0.2) is 44.5 Å². The molecule has 24 heavy (non-hydrogen) atoms. The van der Waals surface area contributed by atoms with E-state index in [1.54, 1.807) is 36.3 Å². The summed E-state index contributed by atoms with van der Waals surface area (Å²) >= 11 is 0. The first-order chi connectivity index (χ1) is 11.4. The van der Waals surface area contributed by atoms with Crippen LogP contribution in [0.15, 0.2) is 48.1 Å². The fourth-order valence-corrected chi connectivity index (χ4v) is 3.59. The van der Waals surface area contributed by atoms with Crippen LogP contribution < -0.4 is 0 Å². The monoisotopic (exact) mass is 366 g/mol. The molecule has 0 aliphatic carbocycles. The molecule has 0 spiro atoms. The summed E-state index contributed by atoms with van der Waals surface area (Å²) in [5.74, 6) is 0. The normalized spacial score (nSPS) is 25.3. The van der Waals surface area contributed by atoms with Gasteiger partial charge >= 0.3 is 0 Å². The van der Waals surface area contributed by atoms with Gasteiger partial charge in [-0.05, 0) is 12.2 Å². The molecule has 0 bridgehead atoms. The van der Waals surface area contributed by atoms with Crippen molar-refractivity contribution in [1.29, 1.82) is 10.5 Å². The molecular weight excluding hydrogens is 352 g/mol. The van der Waals surface area contributed by atoms with Gasteiger partial charge in [0.2, 0.25) is 0 Å². The van der Waals surface area contributed by atoms with Crippen molar-refractivity contribution in [3.05, 3.63) is 48.1 Å². The molecule has 2 aliphatic rings. The zero-order valence-corrected chi connectivity index (χ0v) is 14.5. The second-order valence-electron chi connectivity index (χ2n) is 4.85. The second-order valence-corrected chi connectivity index (χ2v) is 7.68. The summed E-state index contributed by atoms with van der Waals surface area (Å²) in [6.07, 6.45) is 7.57. The zero-order valence-electron chi connectivity index (χ0n) is 12.9. The van der Waals surface area contributed by atoms with E-state index < -0.39 is 32.4 Å². The Morgan fingerprint density at radius 3 is 1.62 bits per heavy atom. The largest absolute Gasteiger partial charge is 0.356 e. The topological polar surface area (TPSA) is 107 Å². The lowest BCUT2D eigenvalue weighted by atomic mass is 10.1. The van der Waals surface area contributed by atoms with Gasteiger partial charge in [-0.1, -0.05) is 0 Å². The van der Waals surface area contributed by atoms with Crippen molar-refractivity contribution in [3.8, 4) is 12.1 Å². The zero-order chi connectivity index (χ0) is 17.7. The summed E-state index contributed by atoms with van der Waals surface area (Å²) in [5.41, 5.74) is 0.448. The number of nitriles is 2. The fourth-order valence-electron chi connectivity index (χ4n) is 1.89. The van der Waals surface area contributed by atoms with Crippen LogP contribution in [0.5, 0.6) is 0 Å². The first-order valence-electron chi connectivity index (χ1n) is 6.67. The molecule has 2 aliphatic heterocycles. The van der Waals surface area contributed by atoms with Gasteiger partial charge < -0.3 is 9.80 Å². The summed E-state index contributed by atoms with van der Waals surface area (Å²) in [7, 11) is -1.18. The van der Waals surface area contributed by atoms with Gasteiger partial charge in [0, 0.05) is 38.9 Å². The molecule has 0 N–H and O–H groups in total. The molecule has 2 rings (SSSR count). The van der Waals surface area contributed by atoms with Crippen LogP contribution in [0.1, 0.15) is 0 Å². The van der Waals surface area contributed by atoms with E-state index in [0.717, 1.165) is 0 Å². The molecule has 0 radical (unpaired) electrons. The maximum atomic E-state index is 12.0. The summed E-state index contributed by atoms with van der Waals surface area (Å²) in [6, 6.07) is 3.86. The van der Waals surface area contributed by atoms with Gasteiger partial charge in [0.05, 0.1) is 23.3 Å². The number of hydrogen-bond donors (Lipinski definition) is 0. The summed E-state index contributed by atoms with van der Waals surface area (Å²) in [4.78, 5) is 3.28. The average molecular weight is 366 g/mol. The lowest BCUT2D eigenvalue weighted by Crippen LogP contribution is -2.25. The standard InChI is InChI=1S/C14H14N4O4S2/c1-17-5-3-13(11(7-15)9-17)21-23(19)24(20)22-14-4-6-18(2)10-12(14)8-16/h3-6,9-10,13-14H,1-2H3. The highest BCUT2D eigenvalue weighted by Gasteiger charge is 2.26. The number of rotatable bonds is 5. The van der Waals surface area contributed by atoms with Gasteiger partial charge in [-0.3, -0.25) is 8.37 Å². The molecule has 0 aromatic carbocycles. The Hall–Kier alpha value is -2.24. The van der Waals surface area contributed by atoms with Gasteiger partial charge in [0.15, 0.2) is 0 Å². The maximum absolute atomic E-state index is 12.0. The Morgan fingerprint density at radius 2 is 1.29 bits per heavy atom. The van der Waals surface area contributed by atoms with Crippen LogP contribution in [-0.2, 0) is 28.6 Å². The van der Waals surface area contributed by atoms with E-state index in [2.05, 4.69) is 0 Å². The molecule has 0 fully saturated rings. The molecule has 10 heteroatoms. The van der Waals surface area contributed by atoms with Crippen LogP contribution in [0.4, 0.5) is 0 Å². The summed E-state index contributed by atoms with van der Waals surface area (Å²) < 4.78 is 34.3. The number of hydrogen-bond acceptors (Lipinski definition) is 8. The quantitative estimate of drug-likeness (QED) is 0.656. The Balaban J connectivity index is 2.00. The molecule has 2 heterocycles. The number of nitrogens with zero attached hydrogens (tertiary/aromatic N) is 4. The Kier molecular flexibility index (Phi) is 6.06. The van der Waals surface area contributed by atoms with E-state index in [4.69, 9.17) is 18.9 Å². The highest BCUT2D eigenvalue weighted by Crippen LogP contribution is 2.20. The lowest BCUT2D eigenvalue weighted by molar-refractivity contribution is 0.297. The Morgan fingerprint density at radius 1 is 0.917 bits per heavy atom. The molecular formula is C14H14N4O4S2. The molecule has 0 saturated heterocycles. The highest BCUT2D eigenvalue weighted by atomic mass is 33.2. The van der Waals surface area contributed by atoms with Crippen LogP contribution in [0.25, 0.3) is 0 Å². The van der Waals surface area contributed by atoms with E-state index >= 15 is 0 Å². The van der Waals surface area contributed by atoms with Crippen molar-refractivity contribution < 1.29 is 16.8 Å². The molecule has 126 valence electrons. The van der Waals surface area contributed by atoms with Crippen molar-refractivity contribution >= 4 is 20.2 Å². The van der Waals surface area contributed by atoms with Gasteiger partial charge in [0.1, 0.15) is 12.2 Å². The predicted octanol–water partition coefficient (Wildman–Crippen LogP) is 0.732. The summed E-state index contributed by atoms with van der Waals surface area (Å²) in [5, 5.41) is 18.1. The molecule has 0 aromatic rings. The van der Waals surface area contributed by atoms with Crippen molar-refractivity contribution in [3.63, 3.8) is 0 Å². The first kappa shape index (κ1) is 18.1. The van der Waals surface area contributed by atoms with Crippen LogP contribution in [0.3, 0.4) is 0 Å². The van der Waals surface area contributed by atoms with Gasteiger partial charge in [-0.15, -0.1) is 0 Å². The minimum absolute atomic E-state index is 0.224. The van der Waals surface area contributed by atoms with E-state index in [1.165, 1.54) is 24.6 Å². The van der Waals surface area contributed by atoms with Crippen molar-refractivity contribution in [2.24, 2.45) is 0 Å². The fraction of sp³-hybridized carbons (Fsp3) is 0.286. The van der Waals surface area contributed by atoms with E-state index in [1.807, 2.05) is 12.1 Å². The molecule has 0 amide bonds. The molecule has 8 nitrogen and oxygen atoms in total. The van der Waals surface area contributed by atoms with Crippen molar-refractivity contribution in [2.75, 3.05) is 14.1 Å². The third-order valence-electron chi connectivity index (χ3n) is 3.02. The third-order valence-corrected chi connectivity index (χ3v) is 5.11. The van der Waals surface area contributed by atoms with Gasteiger partial charge in [-0.25, -0.2) is 8.42 Å². The van der Waals surface area contributed by atoms with Crippen LogP contribution in [0.2, 0.25) is 0 Å². The molecule has 0 saturated carbocycles. The Bertz CT molecular complexity index is 696. The van der Waals surface area contributed by atoms with E-state index in [0.29, 0.717) is 0 Å². The molecule has 4 atom stereocenters. The minimum Gasteiger partial charge on any atom is -0.356 e. The van der Waals surface area contributed by atoms with Crippen LogP contribution in [0, 0.1) is 22.7 Å². The smallest absolute Gasteiger partial charge is 0.278 e. The molecule has 4 unspecified atom stereocenters. The molecule has 0 aromatic heterocycles. The third kappa shape index (κ3) is 4.40. The van der Waals surface area contributed by atoms with Gasteiger partial charge in [0.25, 0.3) is 20.2 Å². The predicted molar refractivity (Wildman–Crippen MR) is 87.2 cm³/mol. The Labute approximate surface area is 144 Å². The SMILES string of the molecule is CN1C=CC(OS(=O)S(=O)OC2C=CN(C)C=C2C#N)C(C#N)=C1. The van der Waals surface area contributed by atoms with Gasteiger partial charge in [-0.2, -0.15) is 10.5 Å². The van der Waals surface area contributed by atoms with Crippen LogP contribution >= 0.6 is 0 Å². The van der Waals surface area contributed by atoms with E-state index in [9.17, 15) is 8.42 Å². The summed E-state index contributed by atoms with van der Waals surface area (Å²) in [6.45, 7) is 0. The second kappa shape index (κ2) is 8.04. The van der Waals surface area contributed by atoms with Crippen molar-refractivity contribution in [2.45, 2.75) is 12.2 Å². The van der Waals surface area contributed by atoms with E-state index in [-0.39, 0.29) is 11.1 Å². The average Bonchev–Trinajstić information content (AvgIpc) is 2.57. The maximum Gasteiger partial charge on any atom is 0.278 e.